The van der Waals surface area contributed by atoms with E-state index in [1.807, 2.05) is 18.5 Å². The largest absolute Gasteiger partial charge is 0.344 e. The molecule has 24 heavy (non-hydrogen) atoms. The van der Waals surface area contributed by atoms with Gasteiger partial charge in [0.25, 0.3) is 0 Å². The average Bonchev–Trinajstić information content (AvgIpc) is 2.87. The van der Waals surface area contributed by atoms with Crippen molar-refractivity contribution in [3.63, 3.8) is 0 Å². The van der Waals surface area contributed by atoms with Crippen molar-refractivity contribution in [2.45, 2.75) is 38.9 Å². The van der Waals surface area contributed by atoms with Crippen LogP contribution in [0.3, 0.4) is 0 Å². The van der Waals surface area contributed by atoms with Crippen LogP contribution in [0.2, 0.25) is 0 Å². The highest BCUT2D eigenvalue weighted by Gasteiger charge is 2.26. The number of hydrogen-bond donors (Lipinski definition) is 0. The fourth-order valence-corrected chi connectivity index (χ4v) is 4.10. The van der Waals surface area contributed by atoms with E-state index in [4.69, 9.17) is 0 Å². The number of benzene rings is 1. The van der Waals surface area contributed by atoms with E-state index >= 15 is 0 Å². The molecule has 124 valence electrons. The minimum Gasteiger partial charge on any atom is -0.344 e. The Morgan fingerprint density at radius 2 is 2.17 bits per heavy atom. The lowest BCUT2D eigenvalue weighted by Gasteiger charge is -2.31. The van der Waals surface area contributed by atoms with Crippen LogP contribution in [-0.4, -0.2) is 27.5 Å². The predicted molar refractivity (Wildman–Crippen MR) is 102 cm³/mol. The lowest BCUT2D eigenvalue weighted by atomic mass is 10.00. The zero-order valence-electron chi connectivity index (χ0n) is 14.2. The number of aromatic nitrogens is 2. The first kappa shape index (κ1) is 15.9. The van der Waals surface area contributed by atoms with Crippen LogP contribution in [0.25, 0.3) is 10.9 Å². The van der Waals surface area contributed by atoms with Gasteiger partial charge in [0, 0.05) is 59.0 Å². The molecule has 0 aliphatic carbocycles. The quantitative estimate of drug-likeness (QED) is 0.667. The van der Waals surface area contributed by atoms with Crippen molar-refractivity contribution in [1.29, 1.82) is 0 Å². The summed E-state index contributed by atoms with van der Waals surface area (Å²) in [4.78, 5) is 6.70. The standard InChI is InChI=1S/C20H22BrN3/c1-14-10-20-18(13-23(14)2)17-11-16(21)5-6-19(17)24(20)9-7-15-4-3-8-22-12-15/h3-6,8,11-12,14H,7,9-10,13H2,1-2H3. The van der Waals surface area contributed by atoms with E-state index in [1.165, 1.54) is 27.7 Å². The second-order valence-corrected chi connectivity index (χ2v) is 7.73. The molecule has 0 saturated carbocycles. The molecule has 0 fully saturated rings. The normalized spacial score (nSPS) is 18.0. The molecule has 2 aromatic heterocycles. The molecule has 0 radical (unpaired) electrons. The highest BCUT2D eigenvalue weighted by molar-refractivity contribution is 9.10. The first-order valence-corrected chi connectivity index (χ1v) is 9.31. The van der Waals surface area contributed by atoms with Crippen molar-refractivity contribution < 1.29 is 0 Å². The lowest BCUT2D eigenvalue weighted by Crippen LogP contribution is -2.35. The van der Waals surface area contributed by atoms with Crippen molar-refractivity contribution in [3.05, 3.63) is 64.0 Å². The summed E-state index contributed by atoms with van der Waals surface area (Å²) in [6.45, 7) is 4.36. The number of rotatable bonds is 3. The molecule has 0 spiro atoms. The molecule has 1 aliphatic rings. The van der Waals surface area contributed by atoms with Gasteiger partial charge in [-0.05, 0) is 55.8 Å². The molecule has 0 N–H and O–H groups in total. The molecule has 4 rings (SSSR count). The Bertz CT molecular complexity index is 869. The number of likely N-dealkylation sites (N-methyl/N-ethyl adjacent to an activating group) is 1. The van der Waals surface area contributed by atoms with Gasteiger partial charge in [-0.3, -0.25) is 9.88 Å². The maximum Gasteiger partial charge on any atom is 0.0486 e. The van der Waals surface area contributed by atoms with Gasteiger partial charge in [-0.25, -0.2) is 0 Å². The van der Waals surface area contributed by atoms with Crippen LogP contribution in [0, 0.1) is 0 Å². The summed E-state index contributed by atoms with van der Waals surface area (Å²) >= 11 is 3.64. The lowest BCUT2D eigenvalue weighted by molar-refractivity contribution is 0.228. The van der Waals surface area contributed by atoms with Crippen LogP contribution in [-0.2, 0) is 25.9 Å². The van der Waals surface area contributed by atoms with Crippen LogP contribution in [0.15, 0.2) is 47.2 Å². The van der Waals surface area contributed by atoms with Crippen LogP contribution >= 0.6 is 15.9 Å². The molecule has 1 atom stereocenters. The Balaban J connectivity index is 1.78. The summed E-state index contributed by atoms with van der Waals surface area (Å²) in [5, 5.41) is 1.39. The topological polar surface area (TPSA) is 21.1 Å². The van der Waals surface area contributed by atoms with Gasteiger partial charge in [0.1, 0.15) is 0 Å². The van der Waals surface area contributed by atoms with Crippen molar-refractivity contribution >= 4 is 26.8 Å². The Morgan fingerprint density at radius 3 is 2.96 bits per heavy atom. The molecule has 3 heterocycles. The van der Waals surface area contributed by atoms with Gasteiger partial charge in [0.15, 0.2) is 0 Å². The van der Waals surface area contributed by atoms with Crippen LogP contribution in [0.4, 0.5) is 0 Å². The van der Waals surface area contributed by atoms with Crippen LogP contribution in [0.5, 0.6) is 0 Å². The van der Waals surface area contributed by atoms with Gasteiger partial charge in [-0.2, -0.15) is 0 Å². The number of pyridine rings is 1. The van der Waals surface area contributed by atoms with E-state index in [1.54, 1.807) is 0 Å². The molecular formula is C20H22BrN3. The molecule has 1 aliphatic heterocycles. The van der Waals surface area contributed by atoms with E-state index in [0.29, 0.717) is 6.04 Å². The minimum absolute atomic E-state index is 0.586. The van der Waals surface area contributed by atoms with Crippen molar-refractivity contribution in [2.24, 2.45) is 0 Å². The van der Waals surface area contributed by atoms with E-state index < -0.39 is 0 Å². The number of halogens is 1. The highest BCUT2D eigenvalue weighted by atomic mass is 79.9. The van der Waals surface area contributed by atoms with Crippen molar-refractivity contribution in [3.8, 4) is 0 Å². The monoisotopic (exact) mass is 383 g/mol. The Kier molecular flexibility index (Phi) is 4.19. The average molecular weight is 384 g/mol. The van der Waals surface area contributed by atoms with E-state index in [0.717, 1.165) is 30.4 Å². The summed E-state index contributed by atoms with van der Waals surface area (Å²) in [6.07, 6.45) is 5.95. The van der Waals surface area contributed by atoms with Gasteiger partial charge >= 0.3 is 0 Å². The molecule has 0 saturated heterocycles. The molecular weight excluding hydrogens is 362 g/mol. The smallest absolute Gasteiger partial charge is 0.0486 e. The van der Waals surface area contributed by atoms with Gasteiger partial charge in [0.05, 0.1) is 0 Å². The summed E-state index contributed by atoms with van der Waals surface area (Å²) in [6, 6.07) is 11.5. The van der Waals surface area contributed by atoms with Crippen molar-refractivity contribution in [2.75, 3.05) is 7.05 Å². The molecule has 4 heteroatoms. The molecule has 0 amide bonds. The van der Waals surface area contributed by atoms with Gasteiger partial charge < -0.3 is 4.57 Å². The summed E-state index contributed by atoms with van der Waals surface area (Å²) in [7, 11) is 2.23. The van der Waals surface area contributed by atoms with Crippen LogP contribution < -0.4 is 0 Å². The summed E-state index contributed by atoms with van der Waals surface area (Å²) < 4.78 is 3.69. The van der Waals surface area contributed by atoms with Gasteiger partial charge in [-0.15, -0.1) is 0 Å². The molecule has 3 nitrogen and oxygen atoms in total. The minimum atomic E-state index is 0.586. The molecule has 1 aromatic carbocycles. The second kappa shape index (κ2) is 6.34. The van der Waals surface area contributed by atoms with E-state index in [2.05, 4.69) is 68.6 Å². The van der Waals surface area contributed by atoms with Crippen LogP contribution in [0.1, 0.15) is 23.7 Å². The Hall–Kier alpha value is -1.65. The summed E-state index contributed by atoms with van der Waals surface area (Å²) in [5.41, 5.74) is 5.66. The zero-order chi connectivity index (χ0) is 16.7. The Labute approximate surface area is 151 Å². The number of hydrogen-bond acceptors (Lipinski definition) is 2. The van der Waals surface area contributed by atoms with Crippen molar-refractivity contribution in [1.82, 2.24) is 14.5 Å². The second-order valence-electron chi connectivity index (χ2n) is 6.82. The summed E-state index contributed by atoms with van der Waals surface area (Å²) in [5.74, 6) is 0. The van der Waals surface area contributed by atoms with Gasteiger partial charge in [-0.1, -0.05) is 22.0 Å². The molecule has 0 bridgehead atoms. The first-order chi connectivity index (χ1) is 11.6. The Morgan fingerprint density at radius 1 is 1.29 bits per heavy atom. The number of fused-ring (bicyclic) bond motifs is 3. The third kappa shape index (κ3) is 2.78. The number of aryl methyl sites for hydroxylation is 2. The predicted octanol–water partition coefficient (Wildman–Crippen LogP) is 4.42. The first-order valence-electron chi connectivity index (χ1n) is 8.52. The fourth-order valence-electron chi connectivity index (χ4n) is 3.74. The highest BCUT2D eigenvalue weighted by Crippen LogP contribution is 2.34. The van der Waals surface area contributed by atoms with E-state index in [-0.39, 0.29) is 0 Å². The van der Waals surface area contributed by atoms with E-state index in [9.17, 15) is 0 Å². The molecule has 3 aromatic rings. The zero-order valence-corrected chi connectivity index (χ0v) is 15.8. The van der Waals surface area contributed by atoms with Gasteiger partial charge in [0.2, 0.25) is 0 Å². The number of nitrogens with zero attached hydrogens (tertiary/aromatic N) is 3. The SMILES string of the molecule is CC1Cc2c(c3cc(Br)ccc3n2CCc2cccnc2)CN1C. The maximum atomic E-state index is 4.25. The fraction of sp³-hybridized carbons (Fsp3) is 0.350. The molecule has 1 unspecified atom stereocenters. The third-order valence-electron chi connectivity index (χ3n) is 5.24. The third-order valence-corrected chi connectivity index (χ3v) is 5.74. The maximum absolute atomic E-state index is 4.25.